The van der Waals surface area contributed by atoms with Crippen LogP contribution >= 0.6 is 0 Å². The van der Waals surface area contributed by atoms with Crippen molar-refractivity contribution in [2.45, 2.75) is 32.9 Å². The highest BCUT2D eigenvalue weighted by molar-refractivity contribution is 5.33. The molecular formula is C13H20N2O2. The van der Waals surface area contributed by atoms with Crippen LogP contribution in [0.4, 0.5) is 0 Å². The van der Waals surface area contributed by atoms with Crippen LogP contribution in [0.1, 0.15) is 24.6 Å². The monoisotopic (exact) mass is 236 g/mol. The zero-order valence-corrected chi connectivity index (χ0v) is 10.5. The Morgan fingerprint density at radius 3 is 3.00 bits per heavy atom. The summed E-state index contributed by atoms with van der Waals surface area (Å²) in [7, 11) is 0. The van der Waals surface area contributed by atoms with E-state index in [1.54, 1.807) is 0 Å². The SMILES string of the molecule is CCCNCc1cnc(C)cc1OC1COC1. The average molecular weight is 236 g/mol. The lowest BCUT2D eigenvalue weighted by atomic mass is 10.2. The molecule has 2 rings (SSSR count). The molecule has 4 heteroatoms. The van der Waals surface area contributed by atoms with E-state index in [1.165, 1.54) is 0 Å². The maximum Gasteiger partial charge on any atom is 0.145 e. The largest absolute Gasteiger partial charge is 0.485 e. The molecule has 0 unspecified atom stereocenters. The minimum atomic E-state index is 0.210. The molecular weight excluding hydrogens is 216 g/mol. The van der Waals surface area contributed by atoms with Gasteiger partial charge in [-0.2, -0.15) is 0 Å². The fourth-order valence-corrected chi connectivity index (χ4v) is 1.67. The van der Waals surface area contributed by atoms with E-state index >= 15 is 0 Å². The molecule has 0 saturated carbocycles. The van der Waals surface area contributed by atoms with Gasteiger partial charge in [0.25, 0.3) is 0 Å². The highest BCUT2D eigenvalue weighted by Crippen LogP contribution is 2.21. The van der Waals surface area contributed by atoms with E-state index in [0.717, 1.165) is 36.5 Å². The Hall–Kier alpha value is -1.13. The summed E-state index contributed by atoms with van der Waals surface area (Å²) in [5, 5.41) is 3.37. The lowest BCUT2D eigenvalue weighted by Gasteiger charge is -2.27. The molecule has 0 amide bonds. The standard InChI is InChI=1S/C13H20N2O2/c1-3-4-14-6-11-7-15-10(2)5-13(11)17-12-8-16-9-12/h5,7,12,14H,3-4,6,8-9H2,1-2H3. The number of hydrogen-bond donors (Lipinski definition) is 1. The van der Waals surface area contributed by atoms with Crippen LogP contribution in [0, 0.1) is 6.92 Å². The molecule has 0 spiro atoms. The van der Waals surface area contributed by atoms with Crippen molar-refractivity contribution in [3.8, 4) is 5.75 Å². The van der Waals surface area contributed by atoms with Gasteiger partial charge in [-0.15, -0.1) is 0 Å². The second kappa shape index (κ2) is 5.98. The third-order valence-electron chi connectivity index (χ3n) is 2.72. The van der Waals surface area contributed by atoms with Crippen molar-refractivity contribution < 1.29 is 9.47 Å². The number of nitrogens with zero attached hydrogens (tertiary/aromatic N) is 1. The van der Waals surface area contributed by atoms with Crippen LogP contribution in [0.2, 0.25) is 0 Å². The Balaban J connectivity index is 2.01. The molecule has 2 heterocycles. The Morgan fingerprint density at radius 2 is 2.35 bits per heavy atom. The van der Waals surface area contributed by atoms with Gasteiger partial charge in [0.1, 0.15) is 11.9 Å². The first-order valence-corrected chi connectivity index (χ1v) is 6.20. The van der Waals surface area contributed by atoms with Crippen molar-refractivity contribution in [2.24, 2.45) is 0 Å². The van der Waals surface area contributed by atoms with Gasteiger partial charge < -0.3 is 14.8 Å². The molecule has 0 aliphatic carbocycles. The zero-order chi connectivity index (χ0) is 12.1. The van der Waals surface area contributed by atoms with Crippen LogP contribution < -0.4 is 10.1 Å². The van der Waals surface area contributed by atoms with Crippen molar-refractivity contribution in [3.05, 3.63) is 23.5 Å². The molecule has 1 fully saturated rings. The third kappa shape index (κ3) is 3.41. The van der Waals surface area contributed by atoms with E-state index in [4.69, 9.17) is 9.47 Å². The lowest BCUT2D eigenvalue weighted by molar-refractivity contribution is -0.0800. The van der Waals surface area contributed by atoms with Crippen LogP contribution in [0.25, 0.3) is 0 Å². The summed E-state index contributed by atoms with van der Waals surface area (Å²) < 4.78 is 11.0. The predicted molar refractivity (Wildman–Crippen MR) is 66.2 cm³/mol. The number of nitrogens with one attached hydrogen (secondary N) is 1. The number of hydrogen-bond acceptors (Lipinski definition) is 4. The average Bonchev–Trinajstić information content (AvgIpc) is 2.26. The number of pyridine rings is 1. The minimum Gasteiger partial charge on any atom is -0.485 e. The molecule has 1 aromatic rings. The maximum atomic E-state index is 5.89. The van der Waals surface area contributed by atoms with E-state index in [1.807, 2.05) is 19.2 Å². The topological polar surface area (TPSA) is 43.4 Å². The second-order valence-electron chi connectivity index (χ2n) is 4.39. The Bertz CT molecular complexity index is 364. The van der Waals surface area contributed by atoms with Crippen LogP contribution in [0.3, 0.4) is 0 Å². The minimum absolute atomic E-state index is 0.210. The first-order chi connectivity index (χ1) is 8.29. The quantitative estimate of drug-likeness (QED) is 0.763. The summed E-state index contributed by atoms with van der Waals surface area (Å²) in [5.41, 5.74) is 2.11. The lowest BCUT2D eigenvalue weighted by Crippen LogP contribution is -2.38. The summed E-state index contributed by atoms with van der Waals surface area (Å²) in [6.07, 6.45) is 3.24. The highest BCUT2D eigenvalue weighted by Gasteiger charge is 2.21. The van der Waals surface area contributed by atoms with Gasteiger partial charge in [0.05, 0.1) is 13.2 Å². The number of aryl methyl sites for hydroxylation is 1. The van der Waals surface area contributed by atoms with E-state index in [9.17, 15) is 0 Å². The van der Waals surface area contributed by atoms with E-state index in [0.29, 0.717) is 13.2 Å². The van der Waals surface area contributed by atoms with Gasteiger partial charge >= 0.3 is 0 Å². The summed E-state index contributed by atoms with van der Waals surface area (Å²) in [4.78, 5) is 4.32. The van der Waals surface area contributed by atoms with E-state index in [-0.39, 0.29) is 6.10 Å². The molecule has 1 saturated heterocycles. The predicted octanol–water partition coefficient (Wildman–Crippen LogP) is 1.67. The smallest absolute Gasteiger partial charge is 0.145 e. The molecule has 4 nitrogen and oxygen atoms in total. The highest BCUT2D eigenvalue weighted by atomic mass is 16.6. The number of rotatable bonds is 6. The van der Waals surface area contributed by atoms with Gasteiger partial charge in [-0.25, -0.2) is 0 Å². The maximum absolute atomic E-state index is 5.89. The summed E-state index contributed by atoms with van der Waals surface area (Å²) in [5.74, 6) is 0.939. The van der Waals surface area contributed by atoms with Crippen molar-refractivity contribution in [3.63, 3.8) is 0 Å². The van der Waals surface area contributed by atoms with Gasteiger partial charge in [-0.05, 0) is 19.9 Å². The van der Waals surface area contributed by atoms with Gasteiger partial charge in [-0.1, -0.05) is 6.92 Å². The zero-order valence-electron chi connectivity index (χ0n) is 10.5. The van der Waals surface area contributed by atoms with Crippen molar-refractivity contribution in [1.29, 1.82) is 0 Å². The van der Waals surface area contributed by atoms with Crippen LogP contribution in [0.5, 0.6) is 5.75 Å². The Kier molecular flexibility index (Phi) is 4.34. The van der Waals surface area contributed by atoms with E-state index < -0.39 is 0 Å². The van der Waals surface area contributed by atoms with Crippen LogP contribution in [0.15, 0.2) is 12.3 Å². The molecule has 94 valence electrons. The van der Waals surface area contributed by atoms with Crippen LogP contribution in [-0.2, 0) is 11.3 Å². The molecule has 0 bridgehead atoms. The van der Waals surface area contributed by atoms with Gasteiger partial charge in [0.2, 0.25) is 0 Å². The molecule has 1 aliphatic heterocycles. The molecule has 1 aliphatic rings. The molecule has 0 atom stereocenters. The van der Waals surface area contributed by atoms with Gasteiger partial charge in [-0.3, -0.25) is 4.98 Å². The first kappa shape index (κ1) is 12.3. The molecule has 17 heavy (non-hydrogen) atoms. The second-order valence-corrected chi connectivity index (χ2v) is 4.39. The summed E-state index contributed by atoms with van der Waals surface area (Å²) in [6.45, 7) is 7.35. The first-order valence-electron chi connectivity index (χ1n) is 6.20. The van der Waals surface area contributed by atoms with E-state index in [2.05, 4.69) is 17.2 Å². The Morgan fingerprint density at radius 1 is 1.53 bits per heavy atom. The molecule has 1 N–H and O–H groups in total. The summed E-state index contributed by atoms with van der Waals surface area (Å²) in [6, 6.07) is 2.00. The fraction of sp³-hybridized carbons (Fsp3) is 0.615. The molecule has 0 aromatic carbocycles. The third-order valence-corrected chi connectivity index (χ3v) is 2.72. The van der Waals surface area contributed by atoms with Crippen molar-refractivity contribution >= 4 is 0 Å². The van der Waals surface area contributed by atoms with Crippen molar-refractivity contribution in [1.82, 2.24) is 10.3 Å². The van der Waals surface area contributed by atoms with Crippen LogP contribution in [-0.4, -0.2) is 30.8 Å². The molecule has 0 radical (unpaired) electrons. The van der Waals surface area contributed by atoms with Crippen molar-refractivity contribution in [2.75, 3.05) is 19.8 Å². The number of aromatic nitrogens is 1. The molecule has 1 aromatic heterocycles. The van der Waals surface area contributed by atoms with Gasteiger partial charge in [0, 0.05) is 30.1 Å². The fourth-order valence-electron chi connectivity index (χ4n) is 1.67. The normalized spacial score (nSPS) is 15.6. The number of ether oxygens (including phenoxy) is 2. The summed E-state index contributed by atoms with van der Waals surface area (Å²) >= 11 is 0. The Labute approximate surface area is 102 Å². The van der Waals surface area contributed by atoms with Gasteiger partial charge in [0.15, 0.2) is 0 Å².